The molecule has 2 heterocycles. The van der Waals surface area contributed by atoms with Gasteiger partial charge < -0.3 is 10.5 Å². The molecule has 5 heteroatoms. The summed E-state index contributed by atoms with van der Waals surface area (Å²) in [7, 11) is 1.66. The van der Waals surface area contributed by atoms with Crippen molar-refractivity contribution in [3.8, 4) is 17.1 Å². The lowest BCUT2D eigenvalue weighted by atomic mass is 10.1. The average Bonchev–Trinajstić information content (AvgIpc) is 2.81. The van der Waals surface area contributed by atoms with Gasteiger partial charge in [-0.15, -0.1) is 0 Å². The summed E-state index contributed by atoms with van der Waals surface area (Å²) in [5.41, 5.74) is 6.87. The summed E-state index contributed by atoms with van der Waals surface area (Å²) >= 11 is 0. The number of para-hydroxylation sites is 1. The van der Waals surface area contributed by atoms with Gasteiger partial charge in [0, 0.05) is 12.5 Å². The predicted molar refractivity (Wildman–Crippen MR) is 68.3 cm³/mol. The summed E-state index contributed by atoms with van der Waals surface area (Å²) in [5, 5.41) is 4.53. The Morgan fingerprint density at radius 2 is 2.22 bits per heavy atom. The van der Waals surface area contributed by atoms with Crippen LogP contribution in [0.4, 0.5) is 0 Å². The van der Waals surface area contributed by atoms with E-state index in [0.29, 0.717) is 0 Å². The lowest BCUT2D eigenvalue weighted by molar-refractivity contribution is 0.415. The van der Waals surface area contributed by atoms with Crippen molar-refractivity contribution in [2.75, 3.05) is 7.11 Å². The van der Waals surface area contributed by atoms with Crippen LogP contribution in [0.3, 0.4) is 0 Å². The van der Waals surface area contributed by atoms with Crippen molar-refractivity contribution in [3.05, 3.63) is 30.1 Å². The van der Waals surface area contributed by atoms with Crippen molar-refractivity contribution in [2.45, 2.75) is 25.4 Å². The number of methoxy groups -OCH3 is 1. The molecular weight excluding hydrogens is 228 g/mol. The summed E-state index contributed by atoms with van der Waals surface area (Å²) in [4.78, 5) is 4.58. The largest absolute Gasteiger partial charge is 0.496 e. The van der Waals surface area contributed by atoms with Crippen LogP contribution in [0.2, 0.25) is 0 Å². The normalized spacial score (nSPS) is 18.4. The van der Waals surface area contributed by atoms with E-state index in [1.165, 1.54) is 0 Å². The van der Waals surface area contributed by atoms with Gasteiger partial charge in [-0.2, -0.15) is 5.10 Å². The molecule has 0 aliphatic carbocycles. The number of hydrogen-bond acceptors (Lipinski definition) is 4. The van der Waals surface area contributed by atoms with Gasteiger partial charge in [-0.25, -0.2) is 9.67 Å². The SMILES string of the molecule is COc1ccccc1-c1nc2n(n1)CC(N)CC2. The Labute approximate surface area is 106 Å². The van der Waals surface area contributed by atoms with Crippen molar-refractivity contribution in [2.24, 2.45) is 5.73 Å². The average molecular weight is 244 g/mol. The molecule has 18 heavy (non-hydrogen) atoms. The number of ether oxygens (including phenoxy) is 1. The van der Waals surface area contributed by atoms with Gasteiger partial charge in [-0.05, 0) is 18.6 Å². The third-order valence-electron chi connectivity index (χ3n) is 3.24. The summed E-state index contributed by atoms with van der Waals surface area (Å²) in [5.74, 6) is 2.53. The Balaban J connectivity index is 2.02. The van der Waals surface area contributed by atoms with Crippen molar-refractivity contribution in [3.63, 3.8) is 0 Å². The minimum Gasteiger partial charge on any atom is -0.496 e. The Kier molecular flexibility index (Phi) is 2.76. The number of aryl methyl sites for hydroxylation is 1. The molecule has 0 spiro atoms. The maximum absolute atomic E-state index is 5.94. The molecular formula is C13H16N4O. The summed E-state index contributed by atoms with van der Waals surface area (Å²) < 4.78 is 7.25. The molecule has 5 nitrogen and oxygen atoms in total. The second kappa shape index (κ2) is 4.42. The third kappa shape index (κ3) is 1.86. The van der Waals surface area contributed by atoms with E-state index >= 15 is 0 Å². The van der Waals surface area contributed by atoms with E-state index in [-0.39, 0.29) is 6.04 Å². The molecule has 1 aliphatic rings. The van der Waals surface area contributed by atoms with E-state index in [1.807, 2.05) is 28.9 Å². The predicted octanol–water partition coefficient (Wildman–Crippen LogP) is 1.23. The molecule has 1 aliphatic heterocycles. The number of aromatic nitrogens is 3. The third-order valence-corrected chi connectivity index (χ3v) is 3.24. The molecule has 0 fully saturated rings. The fourth-order valence-corrected chi connectivity index (χ4v) is 2.28. The fraction of sp³-hybridized carbons (Fsp3) is 0.385. The van der Waals surface area contributed by atoms with Crippen LogP contribution in [0, 0.1) is 0 Å². The molecule has 1 aromatic carbocycles. The van der Waals surface area contributed by atoms with Gasteiger partial charge in [0.15, 0.2) is 5.82 Å². The Morgan fingerprint density at radius 1 is 1.39 bits per heavy atom. The number of hydrogen-bond donors (Lipinski definition) is 1. The first-order valence-corrected chi connectivity index (χ1v) is 6.10. The number of nitrogens with zero attached hydrogens (tertiary/aromatic N) is 3. The van der Waals surface area contributed by atoms with Gasteiger partial charge in [-0.3, -0.25) is 0 Å². The van der Waals surface area contributed by atoms with Crippen molar-refractivity contribution in [1.82, 2.24) is 14.8 Å². The van der Waals surface area contributed by atoms with Crippen molar-refractivity contribution < 1.29 is 4.74 Å². The minimum atomic E-state index is 0.185. The second-order valence-electron chi connectivity index (χ2n) is 4.53. The van der Waals surface area contributed by atoms with E-state index in [4.69, 9.17) is 10.5 Å². The molecule has 1 atom stereocenters. The maximum atomic E-state index is 5.94. The quantitative estimate of drug-likeness (QED) is 0.862. The molecule has 1 unspecified atom stereocenters. The molecule has 94 valence electrons. The first-order chi connectivity index (χ1) is 8.78. The van der Waals surface area contributed by atoms with Gasteiger partial charge in [0.2, 0.25) is 0 Å². The molecule has 2 aromatic rings. The van der Waals surface area contributed by atoms with Crippen LogP contribution in [0.15, 0.2) is 24.3 Å². The lowest BCUT2D eigenvalue weighted by Gasteiger charge is -2.17. The smallest absolute Gasteiger partial charge is 0.185 e. The highest BCUT2D eigenvalue weighted by atomic mass is 16.5. The molecule has 1 aromatic heterocycles. The number of benzene rings is 1. The molecule has 0 saturated heterocycles. The van der Waals surface area contributed by atoms with Crippen molar-refractivity contribution in [1.29, 1.82) is 0 Å². The highest BCUT2D eigenvalue weighted by Crippen LogP contribution is 2.28. The highest BCUT2D eigenvalue weighted by Gasteiger charge is 2.20. The summed E-state index contributed by atoms with van der Waals surface area (Å²) in [6.07, 6.45) is 1.87. The summed E-state index contributed by atoms with van der Waals surface area (Å²) in [6, 6.07) is 7.98. The van der Waals surface area contributed by atoms with Gasteiger partial charge in [0.25, 0.3) is 0 Å². The zero-order valence-corrected chi connectivity index (χ0v) is 10.3. The molecule has 0 radical (unpaired) electrons. The summed E-state index contributed by atoms with van der Waals surface area (Å²) in [6.45, 7) is 0.748. The maximum Gasteiger partial charge on any atom is 0.185 e. The van der Waals surface area contributed by atoms with Crippen LogP contribution in [0.5, 0.6) is 5.75 Å². The Bertz CT molecular complexity index is 564. The van der Waals surface area contributed by atoms with Crippen LogP contribution in [0.1, 0.15) is 12.2 Å². The molecule has 0 bridgehead atoms. The molecule has 2 N–H and O–H groups in total. The van der Waals surface area contributed by atoms with E-state index in [1.54, 1.807) is 7.11 Å². The zero-order chi connectivity index (χ0) is 12.5. The first kappa shape index (κ1) is 11.2. The molecule has 0 saturated carbocycles. The van der Waals surface area contributed by atoms with Gasteiger partial charge in [0.1, 0.15) is 11.6 Å². The van der Waals surface area contributed by atoms with Crippen LogP contribution in [-0.4, -0.2) is 27.9 Å². The Hall–Kier alpha value is -1.88. The van der Waals surface area contributed by atoms with Crippen LogP contribution in [-0.2, 0) is 13.0 Å². The minimum absolute atomic E-state index is 0.185. The highest BCUT2D eigenvalue weighted by molar-refractivity contribution is 5.63. The van der Waals surface area contributed by atoms with Gasteiger partial charge in [-0.1, -0.05) is 12.1 Å². The van der Waals surface area contributed by atoms with Crippen LogP contribution >= 0.6 is 0 Å². The van der Waals surface area contributed by atoms with E-state index in [9.17, 15) is 0 Å². The Morgan fingerprint density at radius 3 is 3.06 bits per heavy atom. The fourth-order valence-electron chi connectivity index (χ4n) is 2.28. The van der Waals surface area contributed by atoms with E-state index in [0.717, 1.165) is 42.3 Å². The standard InChI is InChI=1S/C13H16N4O/c1-18-11-5-3-2-4-10(11)13-15-12-7-6-9(14)8-17(12)16-13/h2-5,9H,6-8,14H2,1H3. The molecule has 0 amide bonds. The lowest BCUT2D eigenvalue weighted by Crippen LogP contribution is -2.32. The van der Waals surface area contributed by atoms with E-state index < -0.39 is 0 Å². The topological polar surface area (TPSA) is 66.0 Å². The zero-order valence-electron chi connectivity index (χ0n) is 10.3. The second-order valence-corrected chi connectivity index (χ2v) is 4.53. The van der Waals surface area contributed by atoms with Crippen molar-refractivity contribution >= 4 is 0 Å². The van der Waals surface area contributed by atoms with Gasteiger partial charge >= 0.3 is 0 Å². The van der Waals surface area contributed by atoms with Gasteiger partial charge in [0.05, 0.1) is 19.2 Å². The first-order valence-electron chi connectivity index (χ1n) is 6.10. The van der Waals surface area contributed by atoms with E-state index in [2.05, 4.69) is 10.1 Å². The van der Waals surface area contributed by atoms with Crippen LogP contribution < -0.4 is 10.5 Å². The number of rotatable bonds is 2. The number of fused-ring (bicyclic) bond motifs is 1. The monoisotopic (exact) mass is 244 g/mol. The van der Waals surface area contributed by atoms with Crippen LogP contribution in [0.25, 0.3) is 11.4 Å². The molecule has 3 rings (SSSR count). The number of nitrogens with two attached hydrogens (primary N) is 1.